The molecule has 0 heterocycles. The van der Waals surface area contributed by atoms with E-state index in [0.717, 1.165) is 23.0 Å². The minimum absolute atomic E-state index is 0.845. The topological polar surface area (TPSA) is 18.5 Å². The molecule has 0 bridgehead atoms. The molecule has 0 spiro atoms. The van der Waals surface area contributed by atoms with Crippen LogP contribution in [0.2, 0.25) is 0 Å². The van der Waals surface area contributed by atoms with E-state index in [2.05, 4.69) is 76.2 Å². The third kappa shape index (κ3) is 4.55. The Morgan fingerprint density at radius 1 is 0.400 bits per heavy atom. The van der Waals surface area contributed by atoms with Crippen molar-refractivity contribution in [3.63, 3.8) is 0 Å². The van der Waals surface area contributed by atoms with Gasteiger partial charge in [-0.05, 0) is 98.5 Å². The Morgan fingerprint density at radius 3 is 1.07 bits per heavy atom. The first kappa shape index (κ1) is 19.8. The maximum absolute atomic E-state index is 6.01. The van der Waals surface area contributed by atoms with Crippen molar-refractivity contribution < 1.29 is 9.47 Å². The summed E-state index contributed by atoms with van der Waals surface area (Å²) >= 11 is 0. The highest BCUT2D eigenvalue weighted by Gasteiger charge is 2.09. The largest absolute Gasteiger partial charge is 0.457 e. The highest BCUT2D eigenvalue weighted by atomic mass is 16.5. The summed E-state index contributed by atoms with van der Waals surface area (Å²) in [4.78, 5) is 0. The fourth-order valence-corrected chi connectivity index (χ4v) is 3.49. The van der Waals surface area contributed by atoms with Crippen molar-refractivity contribution in [3.8, 4) is 34.1 Å². The molecule has 0 aliphatic heterocycles. The molecular formula is C28H26O2. The van der Waals surface area contributed by atoms with Crippen LogP contribution < -0.4 is 9.47 Å². The van der Waals surface area contributed by atoms with Gasteiger partial charge in [-0.1, -0.05) is 47.5 Å². The molecule has 4 aromatic rings. The molecule has 4 rings (SSSR count). The fourth-order valence-electron chi connectivity index (χ4n) is 3.49. The Bertz CT molecular complexity index is 1060. The van der Waals surface area contributed by atoms with Gasteiger partial charge in [-0.25, -0.2) is 0 Å². The van der Waals surface area contributed by atoms with Crippen LogP contribution in [0.3, 0.4) is 0 Å². The first-order valence-electron chi connectivity index (χ1n) is 10.2. The molecule has 0 fully saturated rings. The zero-order valence-electron chi connectivity index (χ0n) is 17.9. The molecule has 0 aromatic heterocycles. The average molecular weight is 395 g/mol. The molecule has 0 amide bonds. The van der Waals surface area contributed by atoms with Crippen molar-refractivity contribution in [2.24, 2.45) is 0 Å². The summed E-state index contributed by atoms with van der Waals surface area (Å²) in [6.07, 6.45) is 0. The van der Waals surface area contributed by atoms with Crippen LogP contribution in [0, 0.1) is 27.7 Å². The van der Waals surface area contributed by atoms with Gasteiger partial charge in [0.2, 0.25) is 0 Å². The number of hydrogen-bond acceptors (Lipinski definition) is 2. The van der Waals surface area contributed by atoms with Gasteiger partial charge in [0.25, 0.3) is 0 Å². The molecular weight excluding hydrogens is 368 g/mol. The molecule has 0 saturated heterocycles. The number of ether oxygens (including phenoxy) is 2. The average Bonchev–Trinajstić information content (AvgIpc) is 2.72. The van der Waals surface area contributed by atoms with E-state index < -0.39 is 0 Å². The first-order valence-corrected chi connectivity index (χ1v) is 10.2. The van der Waals surface area contributed by atoms with Gasteiger partial charge in [-0.3, -0.25) is 0 Å². The van der Waals surface area contributed by atoms with Crippen molar-refractivity contribution >= 4 is 0 Å². The lowest BCUT2D eigenvalue weighted by Crippen LogP contribution is -1.91. The predicted molar refractivity (Wildman–Crippen MR) is 124 cm³/mol. The molecule has 2 heteroatoms. The monoisotopic (exact) mass is 394 g/mol. The molecule has 0 N–H and O–H groups in total. The lowest BCUT2D eigenvalue weighted by atomic mass is 9.96. The van der Waals surface area contributed by atoms with Crippen LogP contribution in [0.5, 0.6) is 23.0 Å². The maximum Gasteiger partial charge on any atom is 0.127 e. The van der Waals surface area contributed by atoms with Gasteiger partial charge in [0.15, 0.2) is 0 Å². The second kappa shape index (κ2) is 8.46. The van der Waals surface area contributed by atoms with Gasteiger partial charge in [-0.2, -0.15) is 0 Å². The molecule has 0 radical (unpaired) electrons. The van der Waals surface area contributed by atoms with Gasteiger partial charge in [0.1, 0.15) is 23.0 Å². The number of benzene rings is 4. The highest BCUT2D eigenvalue weighted by molar-refractivity contribution is 5.72. The third-order valence-corrected chi connectivity index (χ3v) is 5.20. The SMILES string of the molecule is Cc1ccc(Oc2ccc(-c3ccc(Oc4ccc(C)cc4)cc3C)c(C)c2)cc1. The normalized spacial score (nSPS) is 10.7. The van der Waals surface area contributed by atoms with Crippen LogP contribution >= 0.6 is 0 Å². The van der Waals surface area contributed by atoms with Crippen LogP contribution in [-0.4, -0.2) is 0 Å². The van der Waals surface area contributed by atoms with E-state index in [1.54, 1.807) is 0 Å². The van der Waals surface area contributed by atoms with E-state index in [9.17, 15) is 0 Å². The molecule has 150 valence electrons. The Morgan fingerprint density at radius 2 is 0.733 bits per heavy atom. The quantitative estimate of drug-likeness (QED) is 0.340. The minimum atomic E-state index is 0.845. The van der Waals surface area contributed by atoms with Crippen molar-refractivity contribution in [2.45, 2.75) is 27.7 Å². The van der Waals surface area contributed by atoms with E-state index >= 15 is 0 Å². The second-order valence-electron chi connectivity index (χ2n) is 7.78. The number of hydrogen-bond donors (Lipinski definition) is 0. The Kier molecular flexibility index (Phi) is 5.58. The van der Waals surface area contributed by atoms with Crippen LogP contribution in [-0.2, 0) is 0 Å². The third-order valence-electron chi connectivity index (χ3n) is 5.20. The zero-order chi connectivity index (χ0) is 21.1. The Hall–Kier alpha value is -3.52. The summed E-state index contributed by atoms with van der Waals surface area (Å²) in [7, 11) is 0. The van der Waals surface area contributed by atoms with Crippen molar-refractivity contribution in [1.29, 1.82) is 0 Å². The van der Waals surface area contributed by atoms with Crippen molar-refractivity contribution in [2.75, 3.05) is 0 Å². The summed E-state index contributed by atoms with van der Waals surface area (Å²) in [6, 6.07) is 28.7. The van der Waals surface area contributed by atoms with E-state index in [0.29, 0.717) is 0 Å². The Balaban J connectivity index is 1.54. The van der Waals surface area contributed by atoms with E-state index in [1.807, 2.05) is 36.4 Å². The van der Waals surface area contributed by atoms with Gasteiger partial charge in [0, 0.05) is 0 Å². The fraction of sp³-hybridized carbons (Fsp3) is 0.143. The van der Waals surface area contributed by atoms with Gasteiger partial charge in [-0.15, -0.1) is 0 Å². The summed E-state index contributed by atoms with van der Waals surface area (Å²) in [5.74, 6) is 3.39. The highest BCUT2D eigenvalue weighted by Crippen LogP contribution is 2.33. The van der Waals surface area contributed by atoms with Gasteiger partial charge < -0.3 is 9.47 Å². The zero-order valence-corrected chi connectivity index (χ0v) is 17.9. The van der Waals surface area contributed by atoms with Crippen molar-refractivity contribution in [3.05, 3.63) is 107 Å². The van der Waals surface area contributed by atoms with Crippen LogP contribution in [0.4, 0.5) is 0 Å². The first-order chi connectivity index (χ1) is 14.5. The molecule has 0 aliphatic carbocycles. The minimum Gasteiger partial charge on any atom is -0.457 e. The number of aryl methyl sites for hydroxylation is 4. The summed E-state index contributed by atoms with van der Waals surface area (Å²) in [5.41, 5.74) is 7.19. The summed E-state index contributed by atoms with van der Waals surface area (Å²) < 4.78 is 12.0. The smallest absolute Gasteiger partial charge is 0.127 e. The summed E-state index contributed by atoms with van der Waals surface area (Å²) in [5, 5.41) is 0. The van der Waals surface area contributed by atoms with E-state index in [1.165, 1.54) is 33.4 Å². The van der Waals surface area contributed by atoms with Crippen LogP contribution in [0.25, 0.3) is 11.1 Å². The molecule has 2 nitrogen and oxygen atoms in total. The maximum atomic E-state index is 6.01. The molecule has 0 unspecified atom stereocenters. The van der Waals surface area contributed by atoms with Gasteiger partial charge in [0.05, 0.1) is 0 Å². The van der Waals surface area contributed by atoms with Gasteiger partial charge >= 0.3 is 0 Å². The lowest BCUT2D eigenvalue weighted by Gasteiger charge is -2.14. The molecule has 0 saturated carbocycles. The van der Waals surface area contributed by atoms with E-state index in [4.69, 9.17) is 9.47 Å². The lowest BCUT2D eigenvalue weighted by molar-refractivity contribution is 0.481. The molecule has 0 atom stereocenters. The molecule has 4 aromatic carbocycles. The Labute approximate surface area is 178 Å². The van der Waals surface area contributed by atoms with Crippen LogP contribution in [0.1, 0.15) is 22.3 Å². The van der Waals surface area contributed by atoms with Crippen LogP contribution in [0.15, 0.2) is 84.9 Å². The van der Waals surface area contributed by atoms with Crippen molar-refractivity contribution in [1.82, 2.24) is 0 Å². The molecule has 30 heavy (non-hydrogen) atoms. The number of rotatable bonds is 5. The summed E-state index contributed by atoms with van der Waals surface area (Å²) in [6.45, 7) is 8.38. The second-order valence-corrected chi connectivity index (χ2v) is 7.78. The standard InChI is InChI=1S/C28H26O2/c1-19-5-9-23(10-6-19)29-25-13-15-27(21(3)17-25)28-16-14-26(18-22(28)4)30-24-11-7-20(2)8-12-24/h5-18H,1-4H3. The molecule has 0 aliphatic rings. The van der Waals surface area contributed by atoms with E-state index in [-0.39, 0.29) is 0 Å². The predicted octanol–water partition coefficient (Wildman–Crippen LogP) is 8.17.